The van der Waals surface area contributed by atoms with E-state index < -0.39 is 41.1 Å². The van der Waals surface area contributed by atoms with Gasteiger partial charge in [-0.2, -0.15) is 0 Å². The van der Waals surface area contributed by atoms with E-state index in [1.807, 2.05) is 12.2 Å². The van der Waals surface area contributed by atoms with Crippen LogP contribution in [0.2, 0.25) is 0 Å². The van der Waals surface area contributed by atoms with Crippen LogP contribution in [0.3, 0.4) is 0 Å². The summed E-state index contributed by atoms with van der Waals surface area (Å²) in [6.45, 7) is 1.95. The highest BCUT2D eigenvalue weighted by atomic mass is 16.5. The van der Waals surface area contributed by atoms with E-state index in [4.69, 9.17) is 4.74 Å². The van der Waals surface area contributed by atoms with Crippen molar-refractivity contribution in [3.63, 3.8) is 0 Å². The van der Waals surface area contributed by atoms with Crippen LogP contribution >= 0.6 is 0 Å². The van der Waals surface area contributed by atoms with Crippen LogP contribution < -0.4 is 0 Å². The molecule has 1 fully saturated rings. The second kappa shape index (κ2) is 11.6. The number of fused-ring (bicyclic) bond motifs is 4. The first kappa shape index (κ1) is 29.0. The Morgan fingerprint density at radius 3 is 2.50 bits per heavy atom. The summed E-state index contributed by atoms with van der Waals surface area (Å²) in [5, 5.41) is 59.0. The molecule has 5 rings (SSSR count). The molecule has 3 aliphatic carbocycles. The minimum atomic E-state index is -1.43. The number of hydrogen-bond donors (Lipinski definition) is 6. The van der Waals surface area contributed by atoms with Crippen LogP contribution in [-0.4, -0.2) is 72.9 Å². The molecule has 10 nitrogen and oxygen atoms in total. The number of carbonyl (C=O) groups excluding carboxylic acids is 3. The number of carbonyl (C=O) groups is 3. The van der Waals surface area contributed by atoms with Crippen molar-refractivity contribution in [2.45, 2.75) is 50.4 Å². The standard InChI is InChI=1S/C16H12O6.C14H20O4/c17-10-2-1-8-13-9-4-12(19)11(18)3-7(9)5-16(13,21)6-22-15(8)14(10)20;1-2-3-4-5-6-7-10-8-12(16)14(18)13(17)11(10)9-15/h1-4,18-21H,5-6H2;4-7,9-12,14,16,18H,2-3,8H2,1H3. The Hall–Kier alpha value is -3.99. The van der Waals surface area contributed by atoms with Crippen LogP contribution in [-0.2, 0) is 25.5 Å². The molecule has 40 heavy (non-hydrogen) atoms. The summed E-state index contributed by atoms with van der Waals surface area (Å²) in [7, 11) is 0. The van der Waals surface area contributed by atoms with Crippen LogP contribution in [0.5, 0.6) is 11.5 Å². The van der Waals surface area contributed by atoms with Crippen LogP contribution in [0.1, 0.15) is 37.3 Å². The maximum absolute atomic E-state index is 11.6. The minimum Gasteiger partial charge on any atom is -0.504 e. The number of rotatable bonds is 5. The number of aliphatic hydroxyl groups excluding tert-OH is 3. The van der Waals surface area contributed by atoms with Gasteiger partial charge in [-0.1, -0.05) is 37.6 Å². The van der Waals surface area contributed by atoms with E-state index in [9.17, 15) is 45.0 Å². The van der Waals surface area contributed by atoms with Crippen molar-refractivity contribution in [3.8, 4) is 11.5 Å². The van der Waals surface area contributed by atoms with E-state index >= 15 is 0 Å². The topological polar surface area (TPSA) is 182 Å². The molecule has 5 unspecified atom stereocenters. The molecule has 0 aromatic heterocycles. The van der Waals surface area contributed by atoms with Gasteiger partial charge in [0.15, 0.2) is 23.0 Å². The van der Waals surface area contributed by atoms with Gasteiger partial charge in [0, 0.05) is 17.6 Å². The summed E-state index contributed by atoms with van der Waals surface area (Å²) in [5.41, 5.74) is 0.797. The number of aldehydes is 1. The molecule has 1 aliphatic heterocycles. The molecule has 1 heterocycles. The molecule has 1 aromatic carbocycles. The van der Waals surface area contributed by atoms with Gasteiger partial charge in [-0.05, 0) is 54.2 Å². The van der Waals surface area contributed by atoms with Gasteiger partial charge in [0.05, 0.1) is 12.0 Å². The molecule has 4 aliphatic rings. The molecule has 1 saturated carbocycles. The Morgan fingerprint density at radius 1 is 1.07 bits per heavy atom. The monoisotopic (exact) mass is 552 g/mol. The zero-order valence-corrected chi connectivity index (χ0v) is 21.9. The largest absolute Gasteiger partial charge is 0.504 e. The van der Waals surface area contributed by atoms with Gasteiger partial charge in [0.25, 0.3) is 0 Å². The zero-order chi connectivity index (χ0) is 29.2. The van der Waals surface area contributed by atoms with Crippen molar-refractivity contribution in [1.82, 2.24) is 0 Å². The van der Waals surface area contributed by atoms with Gasteiger partial charge < -0.3 is 40.2 Å². The highest BCUT2D eigenvalue weighted by Gasteiger charge is 2.48. The number of phenolic OH excluding ortho intramolecular Hbond substituents is 2. The molecule has 0 saturated heterocycles. The molecule has 1 aromatic rings. The summed E-state index contributed by atoms with van der Waals surface area (Å²) in [6.07, 6.45) is 10.6. The molecule has 5 atom stereocenters. The SMILES string of the molecule is CCCC=CC=CC1CC(O)C(O)C(=O)C1C=O.O=C1C=CC2=C3c4cc(O)c(O)cc4CC3(O)COC2=C1O. The maximum Gasteiger partial charge on any atom is 0.224 e. The number of ether oxygens (including phenoxy) is 1. The quantitative estimate of drug-likeness (QED) is 0.137. The summed E-state index contributed by atoms with van der Waals surface area (Å²) in [4.78, 5) is 34.1. The summed E-state index contributed by atoms with van der Waals surface area (Å²) < 4.78 is 5.40. The normalized spacial score (nSPS) is 29.2. The molecule has 6 N–H and O–H groups in total. The van der Waals surface area contributed by atoms with Crippen LogP contribution in [0, 0.1) is 11.8 Å². The lowest BCUT2D eigenvalue weighted by Crippen LogP contribution is -2.47. The average Bonchev–Trinajstić information content (AvgIpc) is 3.21. The lowest BCUT2D eigenvalue weighted by Gasteiger charge is -2.33. The third kappa shape index (κ3) is 5.38. The second-order valence-corrected chi connectivity index (χ2v) is 10.2. The fourth-order valence-electron chi connectivity index (χ4n) is 5.33. The van der Waals surface area contributed by atoms with Crippen molar-refractivity contribution < 1.29 is 49.8 Å². The second-order valence-electron chi connectivity index (χ2n) is 10.2. The fourth-order valence-corrected chi connectivity index (χ4v) is 5.33. The molecule has 0 bridgehead atoms. The highest BCUT2D eigenvalue weighted by molar-refractivity contribution is 6.06. The number of allylic oxidation sites excluding steroid dienone is 6. The van der Waals surface area contributed by atoms with Gasteiger partial charge in [0.1, 0.15) is 24.6 Å². The first-order valence-electron chi connectivity index (χ1n) is 13.0. The van der Waals surface area contributed by atoms with Crippen molar-refractivity contribution >= 4 is 23.4 Å². The molecular weight excluding hydrogens is 520 g/mol. The Kier molecular flexibility index (Phi) is 8.43. The van der Waals surface area contributed by atoms with Gasteiger partial charge in [0.2, 0.25) is 11.5 Å². The van der Waals surface area contributed by atoms with Gasteiger partial charge in [-0.25, -0.2) is 0 Å². The van der Waals surface area contributed by atoms with E-state index in [0.717, 1.165) is 12.8 Å². The Bertz CT molecular complexity index is 1360. The smallest absolute Gasteiger partial charge is 0.224 e. The first-order chi connectivity index (χ1) is 19.0. The number of aromatic hydroxyl groups is 2. The number of Topliss-reactive ketones (excluding diaryl/α,β-unsaturated/α-hetero) is 1. The summed E-state index contributed by atoms with van der Waals surface area (Å²) >= 11 is 0. The van der Waals surface area contributed by atoms with Crippen molar-refractivity contribution in [2.24, 2.45) is 11.8 Å². The minimum absolute atomic E-state index is 0.0348. The zero-order valence-electron chi connectivity index (χ0n) is 21.9. The molecule has 0 spiro atoms. The third-order valence-corrected chi connectivity index (χ3v) is 7.40. The maximum atomic E-state index is 11.6. The van der Waals surface area contributed by atoms with E-state index in [-0.39, 0.29) is 42.6 Å². The Morgan fingerprint density at radius 2 is 1.80 bits per heavy atom. The lowest BCUT2D eigenvalue weighted by atomic mass is 9.76. The van der Waals surface area contributed by atoms with E-state index in [2.05, 4.69) is 6.92 Å². The van der Waals surface area contributed by atoms with Crippen LogP contribution in [0.4, 0.5) is 0 Å². The number of phenols is 2. The van der Waals surface area contributed by atoms with Crippen LogP contribution in [0.25, 0.3) is 5.57 Å². The van der Waals surface area contributed by atoms with Crippen molar-refractivity contribution in [2.75, 3.05) is 6.61 Å². The van der Waals surface area contributed by atoms with Gasteiger partial charge in [-0.3, -0.25) is 9.59 Å². The summed E-state index contributed by atoms with van der Waals surface area (Å²) in [5.74, 6) is -3.35. The fraction of sp³-hybridized carbons (Fsp3) is 0.367. The van der Waals surface area contributed by atoms with Crippen molar-refractivity contribution in [3.05, 3.63) is 76.8 Å². The third-order valence-electron chi connectivity index (χ3n) is 7.40. The summed E-state index contributed by atoms with van der Waals surface area (Å²) in [6, 6.07) is 2.77. The van der Waals surface area contributed by atoms with Gasteiger partial charge >= 0.3 is 0 Å². The van der Waals surface area contributed by atoms with Gasteiger partial charge in [-0.15, -0.1) is 0 Å². The Balaban J connectivity index is 0.000000190. The number of benzene rings is 1. The number of unbranched alkanes of at least 4 members (excludes halogenated alkanes) is 1. The molecule has 212 valence electrons. The molecule has 10 heteroatoms. The van der Waals surface area contributed by atoms with Crippen LogP contribution in [0.15, 0.2) is 65.7 Å². The van der Waals surface area contributed by atoms with Crippen molar-refractivity contribution in [1.29, 1.82) is 0 Å². The van der Waals surface area contributed by atoms with E-state index in [1.165, 1.54) is 24.3 Å². The Labute approximate surface area is 230 Å². The number of hydrogen-bond acceptors (Lipinski definition) is 10. The highest BCUT2D eigenvalue weighted by Crippen LogP contribution is 2.50. The predicted molar refractivity (Wildman–Crippen MR) is 143 cm³/mol. The van der Waals surface area contributed by atoms with E-state index in [1.54, 1.807) is 12.2 Å². The first-order valence-corrected chi connectivity index (χ1v) is 13.0. The van der Waals surface area contributed by atoms with E-state index in [0.29, 0.717) is 28.6 Å². The molecule has 0 amide bonds. The predicted octanol–water partition coefficient (Wildman–Crippen LogP) is 2.10. The lowest BCUT2D eigenvalue weighted by molar-refractivity contribution is -0.146. The molecular formula is C30H32O10. The number of aliphatic hydroxyl groups is 4. The molecule has 0 radical (unpaired) electrons. The average molecular weight is 553 g/mol. The number of ketones is 2.